The smallest absolute Gasteiger partial charge is 0.439 e. The molecular formula is C21H16ClN3O4. The number of nitrogens with one attached hydrogen (secondary N) is 2. The second-order valence-corrected chi connectivity index (χ2v) is 7.02. The molecule has 1 amide bonds. The van der Waals surface area contributed by atoms with E-state index in [1.165, 1.54) is 0 Å². The highest BCUT2D eigenvalue weighted by Crippen LogP contribution is 2.32. The van der Waals surface area contributed by atoms with Crippen LogP contribution in [0.4, 0.5) is 5.69 Å². The van der Waals surface area contributed by atoms with Gasteiger partial charge in [0.1, 0.15) is 5.75 Å². The molecule has 0 fully saturated rings. The third-order valence-corrected chi connectivity index (χ3v) is 5.03. The third kappa shape index (κ3) is 3.72. The molecule has 1 heterocycles. The first-order valence-electron chi connectivity index (χ1n) is 8.78. The number of aromatic hydroxyl groups is 1. The van der Waals surface area contributed by atoms with Gasteiger partial charge in [-0.25, -0.2) is 4.79 Å². The molecule has 0 radical (unpaired) electrons. The Balaban J connectivity index is 1.64. The van der Waals surface area contributed by atoms with Crippen LogP contribution in [0, 0.1) is 6.92 Å². The zero-order chi connectivity index (χ0) is 20.5. The number of carbonyl (C=O) groups excluding carboxylic acids is 1. The number of aryl methyl sites for hydroxylation is 1. The van der Waals surface area contributed by atoms with Crippen molar-refractivity contribution in [3.63, 3.8) is 0 Å². The average molecular weight is 410 g/mol. The molecule has 0 atom stereocenters. The molecule has 3 N–H and O–H groups in total. The highest BCUT2D eigenvalue weighted by molar-refractivity contribution is 6.32. The Morgan fingerprint density at radius 2 is 1.97 bits per heavy atom. The first-order valence-corrected chi connectivity index (χ1v) is 9.16. The number of aromatic nitrogens is 2. The molecule has 4 rings (SSSR count). The van der Waals surface area contributed by atoms with Gasteiger partial charge in [-0.1, -0.05) is 41.9 Å². The highest BCUT2D eigenvalue weighted by atomic mass is 35.5. The van der Waals surface area contributed by atoms with Gasteiger partial charge in [0.2, 0.25) is 5.82 Å². The number of H-pyrrole nitrogens is 1. The van der Waals surface area contributed by atoms with E-state index < -0.39 is 11.7 Å². The van der Waals surface area contributed by atoms with Gasteiger partial charge in [0.15, 0.2) is 0 Å². The molecular weight excluding hydrogens is 394 g/mol. The second-order valence-electron chi connectivity index (χ2n) is 6.62. The molecule has 29 heavy (non-hydrogen) atoms. The largest absolute Gasteiger partial charge is 0.507 e. The van der Waals surface area contributed by atoms with Gasteiger partial charge in [-0.05, 0) is 58.8 Å². The summed E-state index contributed by atoms with van der Waals surface area (Å²) in [5, 5.41) is 18.3. The number of phenolic OH excluding ortho intramolecular Hbond substituents is 1. The zero-order valence-electron chi connectivity index (χ0n) is 15.3. The Bertz CT molecular complexity index is 1270. The van der Waals surface area contributed by atoms with Gasteiger partial charge in [-0.15, -0.1) is 0 Å². The quantitative estimate of drug-likeness (QED) is 0.471. The van der Waals surface area contributed by atoms with E-state index in [2.05, 4.69) is 20.0 Å². The zero-order valence-corrected chi connectivity index (χ0v) is 16.1. The number of halogens is 1. The fourth-order valence-electron chi connectivity index (χ4n) is 3.28. The van der Waals surface area contributed by atoms with E-state index in [9.17, 15) is 14.7 Å². The normalized spacial score (nSPS) is 11.0. The molecule has 0 aliphatic rings. The number of rotatable bonds is 4. The molecule has 1 aromatic heterocycles. The maximum absolute atomic E-state index is 12.1. The molecule has 0 saturated heterocycles. The summed E-state index contributed by atoms with van der Waals surface area (Å²) in [6.07, 6.45) is 0.566. The van der Waals surface area contributed by atoms with Crippen molar-refractivity contribution in [3.05, 3.63) is 86.6 Å². The van der Waals surface area contributed by atoms with Crippen molar-refractivity contribution in [3.8, 4) is 5.75 Å². The minimum absolute atomic E-state index is 0.219. The molecule has 146 valence electrons. The molecule has 8 heteroatoms. The summed E-state index contributed by atoms with van der Waals surface area (Å²) in [4.78, 5) is 25.3. The fourth-order valence-corrected chi connectivity index (χ4v) is 3.61. The van der Waals surface area contributed by atoms with Crippen LogP contribution in [0.2, 0.25) is 5.02 Å². The molecule has 7 nitrogen and oxygen atoms in total. The molecule has 0 aliphatic carbocycles. The number of hydrogen-bond donors (Lipinski definition) is 3. The van der Waals surface area contributed by atoms with Crippen LogP contribution in [-0.2, 0) is 6.42 Å². The number of aromatic amines is 1. The van der Waals surface area contributed by atoms with Gasteiger partial charge < -0.3 is 10.4 Å². The lowest BCUT2D eigenvalue weighted by atomic mass is 9.95. The summed E-state index contributed by atoms with van der Waals surface area (Å²) in [6.45, 7) is 1.90. The first-order chi connectivity index (χ1) is 13.9. The van der Waals surface area contributed by atoms with Gasteiger partial charge in [0.05, 0.1) is 0 Å². The standard InChI is InChI=1S/C21H16ClN3O4/c1-11-8-13(23-20(27)19-24-21(28)29-25-19)10-17(22)16(11)9-12-6-7-18(26)15-5-3-2-4-14(12)15/h2-8,10,26H,9H2,1H3,(H,23,27)(H,24,25,28). The molecule has 0 bridgehead atoms. The summed E-state index contributed by atoms with van der Waals surface area (Å²) >= 11 is 6.51. The van der Waals surface area contributed by atoms with E-state index in [0.717, 1.165) is 27.5 Å². The van der Waals surface area contributed by atoms with E-state index in [4.69, 9.17) is 11.6 Å². The minimum atomic E-state index is -0.805. The third-order valence-electron chi connectivity index (χ3n) is 4.69. The SMILES string of the molecule is Cc1cc(NC(=O)c2noc(=O)[nH]2)cc(Cl)c1Cc1ccc(O)c2ccccc12. The monoisotopic (exact) mass is 409 g/mol. The Labute approximate surface area is 169 Å². The molecule has 0 spiro atoms. The lowest BCUT2D eigenvalue weighted by Gasteiger charge is -2.14. The molecule has 0 saturated carbocycles. The number of nitrogens with zero attached hydrogens (tertiary/aromatic N) is 1. The van der Waals surface area contributed by atoms with Gasteiger partial charge in [0, 0.05) is 16.1 Å². The van der Waals surface area contributed by atoms with Crippen molar-refractivity contribution in [2.45, 2.75) is 13.3 Å². The van der Waals surface area contributed by atoms with E-state index in [0.29, 0.717) is 17.1 Å². The number of amides is 1. The van der Waals surface area contributed by atoms with E-state index >= 15 is 0 Å². The van der Waals surface area contributed by atoms with Crippen LogP contribution in [0.5, 0.6) is 5.75 Å². The van der Waals surface area contributed by atoms with Crippen LogP contribution in [0.3, 0.4) is 0 Å². The number of anilines is 1. The van der Waals surface area contributed by atoms with Crippen LogP contribution in [0.1, 0.15) is 27.3 Å². The fraction of sp³-hybridized carbons (Fsp3) is 0.0952. The molecule has 3 aromatic carbocycles. The Morgan fingerprint density at radius 3 is 2.66 bits per heavy atom. The van der Waals surface area contributed by atoms with E-state index in [1.54, 1.807) is 18.2 Å². The van der Waals surface area contributed by atoms with Crippen molar-refractivity contribution in [1.82, 2.24) is 10.1 Å². The van der Waals surface area contributed by atoms with Gasteiger partial charge in [0.25, 0.3) is 5.91 Å². The summed E-state index contributed by atoms with van der Waals surface area (Å²) < 4.78 is 4.33. The second kappa shape index (κ2) is 7.44. The molecule has 0 aliphatic heterocycles. The predicted molar refractivity (Wildman–Crippen MR) is 110 cm³/mol. The lowest BCUT2D eigenvalue weighted by molar-refractivity contribution is 0.101. The van der Waals surface area contributed by atoms with Crippen molar-refractivity contribution >= 4 is 34.0 Å². The molecule has 4 aromatic rings. The van der Waals surface area contributed by atoms with Crippen molar-refractivity contribution < 1.29 is 14.4 Å². The van der Waals surface area contributed by atoms with Crippen LogP contribution in [0.25, 0.3) is 10.8 Å². The maximum Gasteiger partial charge on any atom is 0.439 e. The maximum atomic E-state index is 12.1. The van der Waals surface area contributed by atoms with Crippen LogP contribution < -0.4 is 11.1 Å². The van der Waals surface area contributed by atoms with Crippen molar-refractivity contribution in [1.29, 1.82) is 0 Å². The van der Waals surface area contributed by atoms with Crippen molar-refractivity contribution in [2.24, 2.45) is 0 Å². The Morgan fingerprint density at radius 1 is 1.21 bits per heavy atom. The minimum Gasteiger partial charge on any atom is -0.507 e. The van der Waals surface area contributed by atoms with Crippen LogP contribution in [-0.4, -0.2) is 21.2 Å². The van der Waals surface area contributed by atoms with E-state index in [-0.39, 0.29) is 11.6 Å². The van der Waals surface area contributed by atoms with Gasteiger partial charge >= 0.3 is 5.76 Å². The van der Waals surface area contributed by atoms with Crippen molar-refractivity contribution in [2.75, 3.05) is 5.32 Å². The number of phenols is 1. The number of hydrogen-bond acceptors (Lipinski definition) is 5. The predicted octanol–water partition coefficient (Wildman–Crippen LogP) is 4.03. The highest BCUT2D eigenvalue weighted by Gasteiger charge is 2.15. The topological polar surface area (TPSA) is 108 Å². The Hall–Kier alpha value is -3.58. The van der Waals surface area contributed by atoms with E-state index in [1.807, 2.05) is 37.3 Å². The summed E-state index contributed by atoms with van der Waals surface area (Å²) in [5.74, 6) is -1.40. The lowest BCUT2D eigenvalue weighted by Crippen LogP contribution is -2.15. The average Bonchev–Trinajstić information content (AvgIpc) is 3.13. The Kier molecular flexibility index (Phi) is 4.82. The first kappa shape index (κ1) is 18.8. The van der Waals surface area contributed by atoms with Crippen LogP contribution in [0.15, 0.2) is 57.8 Å². The summed E-state index contributed by atoms with van der Waals surface area (Å²) in [6, 6.07) is 14.6. The number of benzene rings is 3. The number of fused-ring (bicyclic) bond motifs is 1. The summed E-state index contributed by atoms with van der Waals surface area (Å²) in [7, 11) is 0. The van der Waals surface area contributed by atoms with Gasteiger partial charge in [-0.2, -0.15) is 0 Å². The number of carbonyl (C=O) groups is 1. The van der Waals surface area contributed by atoms with Crippen LogP contribution >= 0.6 is 11.6 Å². The van der Waals surface area contributed by atoms with Gasteiger partial charge in [-0.3, -0.25) is 14.3 Å². The summed E-state index contributed by atoms with van der Waals surface area (Å²) in [5.41, 5.74) is 3.30. The molecule has 0 unspecified atom stereocenters.